The van der Waals surface area contributed by atoms with Gasteiger partial charge < -0.3 is 9.88 Å². The minimum atomic E-state index is -4.73. The molecule has 8 nitrogen and oxygen atoms in total. The number of pyridine rings is 1. The van der Waals surface area contributed by atoms with Crippen molar-refractivity contribution < 1.29 is 26.4 Å². The number of amides is 1. The maximum Gasteiger partial charge on any atom is 0.404 e. The lowest BCUT2D eigenvalue weighted by molar-refractivity contribution is -0.147. The van der Waals surface area contributed by atoms with Gasteiger partial charge in [-0.2, -0.15) is 26.3 Å². The van der Waals surface area contributed by atoms with Gasteiger partial charge in [0.2, 0.25) is 0 Å². The molecule has 0 saturated heterocycles. The molecule has 1 amide bonds. The smallest absolute Gasteiger partial charge is 0.338 e. The van der Waals surface area contributed by atoms with Crippen LogP contribution in [0.25, 0.3) is 0 Å². The highest BCUT2D eigenvalue weighted by atomic mass is 35.5. The maximum absolute atomic E-state index is 12.9. The van der Waals surface area contributed by atoms with E-state index in [2.05, 4.69) is 15.0 Å². The maximum atomic E-state index is 12.9. The molecule has 1 unspecified atom stereocenters. The van der Waals surface area contributed by atoms with Crippen molar-refractivity contribution in [3.63, 3.8) is 0 Å². The van der Waals surface area contributed by atoms with Gasteiger partial charge >= 0.3 is 6.18 Å². The summed E-state index contributed by atoms with van der Waals surface area (Å²) in [6.07, 6.45) is -2.18. The summed E-state index contributed by atoms with van der Waals surface area (Å²) in [7, 11) is -4.53. The third-order valence-corrected chi connectivity index (χ3v) is 6.01. The van der Waals surface area contributed by atoms with Gasteiger partial charge in [-0.1, -0.05) is 11.6 Å². The van der Waals surface area contributed by atoms with E-state index in [1.54, 1.807) is 15.4 Å². The topological polar surface area (TPSA) is 105 Å². The summed E-state index contributed by atoms with van der Waals surface area (Å²) in [6.45, 7) is 2.71. The quantitative estimate of drug-likeness (QED) is 0.569. The van der Waals surface area contributed by atoms with Gasteiger partial charge in [0, 0.05) is 29.7 Å². The molecule has 2 aromatic rings. The van der Waals surface area contributed by atoms with E-state index in [1.165, 1.54) is 19.2 Å². The van der Waals surface area contributed by atoms with Crippen LogP contribution in [0.15, 0.2) is 18.3 Å². The molecule has 164 valence electrons. The first-order valence-corrected chi connectivity index (χ1v) is 10.8. The number of carbonyl (C=O) groups excluding carboxylic acids is 1. The van der Waals surface area contributed by atoms with Crippen molar-refractivity contribution in [3.05, 3.63) is 40.4 Å². The molecule has 30 heavy (non-hydrogen) atoms. The molecule has 0 saturated carbocycles. The SMILES string of the molecule is Cc1c(NS(=O)(=O)NC(C)C(F)(F)F)c2n(c1C(=O)Nc1ccnc(Cl)c1)CCC2. The second kappa shape index (κ2) is 8.08. The van der Waals surface area contributed by atoms with Crippen LogP contribution in [-0.4, -0.2) is 36.1 Å². The van der Waals surface area contributed by atoms with Crippen molar-refractivity contribution >= 4 is 39.1 Å². The molecule has 3 heterocycles. The number of aromatic nitrogens is 2. The van der Waals surface area contributed by atoms with Gasteiger partial charge in [-0.25, -0.2) is 4.98 Å². The predicted molar refractivity (Wildman–Crippen MR) is 106 cm³/mol. The Bertz CT molecular complexity index is 1090. The van der Waals surface area contributed by atoms with Crippen LogP contribution in [0.1, 0.15) is 35.1 Å². The van der Waals surface area contributed by atoms with E-state index in [9.17, 15) is 26.4 Å². The van der Waals surface area contributed by atoms with Crippen molar-refractivity contribution in [1.82, 2.24) is 14.3 Å². The number of rotatable bonds is 6. The van der Waals surface area contributed by atoms with E-state index in [0.29, 0.717) is 43.3 Å². The molecule has 3 N–H and O–H groups in total. The molecule has 0 spiro atoms. The Morgan fingerprint density at radius 2 is 2.07 bits per heavy atom. The standard InChI is InChI=1S/C17H19ClF3N5O3S/c1-9-14(25-30(28,29)24-10(2)17(19,20)21)12-4-3-7-26(12)15(9)16(27)23-11-5-6-22-13(18)8-11/h5-6,8,10,24-25H,3-4,7H2,1-2H3,(H,22,23,27). The van der Waals surface area contributed by atoms with Crippen molar-refractivity contribution in [2.75, 3.05) is 10.0 Å². The number of nitrogens with one attached hydrogen (secondary N) is 3. The first-order valence-electron chi connectivity index (χ1n) is 8.90. The molecular weight excluding hydrogens is 447 g/mol. The summed E-state index contributed by atoms with van der Waals surface area (Å²) in [6, 6.07) is 0.721. The van der Waals surface area contributed by atoms with Crippen LogP contribution in [0, 0.1) is 6.92 Å². The molecule has 0 fully saturated rings. The molecule has 1 aliphatic rings. The van der Waals surface area contributed by atoms with Crippen molar-refractivity contribution in [2.45, 2.75) is 45.5 Å². The molecule has 1 atom stereocenters. The van der Waals surface area contributed by atoms with Gasteiger partial charge in [0.1, 0.15) is 16.9 Å². The summed E-state index contributed by atoms with van der Waals surface area (Å²) >= 11 is 5.82. The monoisotopic (exact) mass is 465 g/mol. The molecule has 0 aromatic carbocycles. The third-order valence-electron chi connectivity index (χ3n) is 4.67. The van der Waals surface area contributed by atoms with Gasteiger partial charge in [-0.3, -0.25) is 9.52 Å². The lowest BCUT2D eigenvalue weighted by atomic mass is 10.1. The van der Waals surface area contributed by atoms with Crippen molar-refractivity contribution in [2.24, 2.45) is 0 Å². The fraction of sp³-hybridized carbons (Fsp3) is 0.412. The second-order valence-electron chi connectivity index (χ2n) is 6.86. The summed E-state index contributed by atoms with van der Waals surface area (Å²) in [5.74, 6) is -0.500. The predicted octanol–water partition coefficient (Wildman–Crippen LogP) is 3.24. The Kier molecular flexibility index (Phi) is 6.03. The fourth-order valence-corrected chi connectivity index (χ4v) is 4.65. The number of alkyl halides is 3. The molecule has 3 rings (SSSR count). The Labute approximate surface area is 176 Å². The van der Waals surface area contributed by atoms with Crippen LogP contribution < -0.4 is 14.8 Å². The zero-order chi connectivity index (χ0) is 22.3. The van der Waals surface area contributed by atoms with E-state index in [1.807, 2.05) is 0 Å². The molecule has 13 heteroatoms. The Balaban J connectivity index is 1.90. The number of hydrogen-bond donors (Lipinski definition) is 3. The summed E-state index contributed by atoms with van der Waals surface area (Å²) in [4.78, 5) is 16.7. The van der Waals surface area contributed by atoms with E-state index >= 15 is 0 Å². The Hall–Kier alpha value is -2.31. The zero-order valence-corrected chi connectivity index (χ0v) is 17.5. The van der Waals surface area contributed by atoms with Crippen molar-refractivity contribution in [1.29, 1.82) is 0 Å². The average Bonchev–Trinajstić information content (AvgIpc) is 3.16. The lowest BCUT2D eigenvalue weighted by Crippen LogP contribution is -2.45. The summed E-state index contributed by atoms with van der Waals surface area (Å²) in [5, 5.41) is 2.86. The fourth-order valence-electron chi connectivity index (χ4n) is 3.28. The molecule has 2 aromatic heterocycles. The van der Waals surface area contributed by atoms with Crippen LogP contribution in [0.5, 0.6) is 0 Å². The van der Waals surface area contributed by atoms with Crippen LogP contribution >= 0.6 is 11.6 Å². The number of anilines is 2. The highest BCUT2D eigenvalue weighted by molar-refractivity contribution is 7.90. The number of carbonyl (C=O) groups is 1. The molecule has 0 aliphatic carbocycles. The molecular formula is C17H19ClF3N5O3S. The number of nitrogens with zero attached hydrogens (tertiary/aromatic N) is 2. The van der Waals surface area contributed by atoms with Gasteiger partial charge in [-0.05, 0) is 38.8 Å². The molecule has 0 radical (unpaired) electrons. The van der Waals surface area contributed by atoms with E-state index < -0.39 is 28.3 Å². The van der Waals surface area contributed by atoms with E-state index in [4.69, 9.17) is 11.6 Å². The minimum absolute atomic E-state index is 0.104. The minimum Gasteiger partial charge on any atom is -0.338 e. The zero-order valence-electron chi connectivity index (χ0n) is 16.0. The molecule has 0 bridgehead atoms. The summed E-state index contributed by atoms with van der Waals surface area (Å²) in [5.41, 5.74) is 1.57. The average molecular weight is 466 g/mol. The lowest BCUT2D eigenvalue weighted by Gasteiger charge is -2.18. The first kappa shape index (κ1) is 22.4. The highest BCUT2D eigenvalue weighted by Gasteiger charge is 2.39. The number of fused-ring (bicyclic) bond motifs is 1. The number of halogens is 4. The van der Waals surface area contributed by atoms with E-state index in [-0.39, 0.29) is 16.5 Å². The van der Waals surface area contributed by atoms with Crippen LogP contribution in [0.3, 0.4) is 0 Å². The van der Waals surface area contributed by atoms with Gasteiger partial charge in [-0.15, -0.1) is 0 Å². The van der Waals surface area contributed by atoms with E-state index in [0.717, 1.165) is 0 Å². The number of hydrogen-bond acceptors (Lipinski definition) is 4. The van der Waals surface area contributed by atoms with Crippen LogP contribution in [0.4, 0.5) is 24.5 Å². The van der Waals surface area contributed by atoms with Gasteiger partial charge in [0.05, 0.1) is 5.69 Å². The largest absolute Gasteiger partial charge is 0.404 e. The first-order chi connectivity index (χ1) is 13.9. The summed E-state index contributed by atoms with van der Waals surface area (Å²) < 4.78 is 68.1. The van der Waals surface area contributed by atoms with Crippen LogP contribution in [0.2, 0.25) is 5.15 Å². The van der Waals surface area contributed by atoms with Crippen LogP contribution in [-0.2, 0) is 23.2 Å². The van der Waals surface area contributed by atoms with Gasteiger partial charge in [0.25, 0.3) is 16.1 Å². The highest BCUT2D eigenvalue weighted by Crippen LogP contribution is 2.34. The molecule has 1 aliphatic heterocycles. The second-order valence-corrected chi connectivity index (χ2v) is 8.69. The Morgan fingerprint density at radius 3 is 2.70 bits per heavy atom. The third kappa shape index (κ3) is 4.71. The van der Waals surface area contributed by atoms with Gasteiger partial charge in [0.15, 0.2) is 0 Å². The normalized spacial score (nSPS) is 15.0. The van der Waals surface area contributed by atoms with Crippen molar-refractivity contribution in [3.8, 4) is 0 Å². The Morgan fingerprint density at radius 1 is 1.37 bits per heavy atom.